The molecule has 3 aromatic rings. The third kappa shape index (κ3) is 3.11. The number of para-hydroxylation sites is 1. The summed E-state index contributed by atoms with van der Waals surface area (Å²) in [7, 11) is 0. The van der Waals surface area contributed by atoms with Crippen molar-refractivity contribution >= 4 is 17.6 Å². The third-order valence-electron chi connectivity index (χ3n) is 7.33. The topological polar surface area (TPSA) is 53.1 Å². The first-order chi connectivity index (χ1) is 15.2. The minimum absolute atomic E-state index is 0.00569. The number of aromatic amines is 1. The van der Waals surface area contributed by atoms with Crippen LogP contribution in [0.25, 0.3) is 11.8 Å². The summed E-state index contributed by atoms with van der Waals surface area (Å²) in [5.74, 6) is 2.50. The molecule has 2 N–H and O–H groups in total. The summed E-state index contributed by atoms with van der Waals surface area (Å²) in [5.41, 5.74) is 4.02. The van der Waals surface area contributed by atoms with Gasteiger partial charge in [0.25, 0.3) is 0 Å². The van der Waals surface area contributed by atoms with Crippen LogP contribution in [0.15, 0.2) is 65.5 Å². The maximum atomic E-state index is 13.1. The smallest absolute Gasteiger partial charge is 0.332 e. The van der Waals surface area contributed by atoms with Crippen molar-refractivity contribution in [3.05, 3.63) is 82.4 Å². The molecule has 0 amide bonds. The quantitative estimate of drug-likeness (QED) is 0.639. The molecule has 31 heavy (non-hydrogen) atoms. The zero-order chi connectivity index (χ0) is 20.9. The molecule has 5 heteroatoms. The van der Waals surface area contributed by atoms with Crippen LogP contribution in [0.5, 0.6) is 0 Å². The summed E-state index contributed by atoms with van der Waals surface area (Å²) in [6, 6.07) is 19.0. The summed E-state index contributed by atoms with van der Waals surface area (Å²) >= 11 is 0. The average Bonchev–Trinajstić information content (AvgIpc) is 3.49. The van der Waals surface area contributed by atoms with Gasteiger partial charge in [0.2, 0.25) is 0 Å². The molecular formula is C26H28N4O. The highest BCUT2D eigenvalue weighted by Crippen LogP contribution is 2.49. The molecule has 158 valence electrons. The molecule has 2 fully saturated rings. The summed E-state index contributed by atoms with van der Waals surface area (Å²) in [4.78, 5) is 18.7. The molecule has 6 rings (SSSR count). The predicted molar refractivity (Wildman–Crippen MR) is 126 cm³/mol. The Morgan fingerprint density at radius 3 is 2.52 bits per heavy atom. The van der Waals surface area contributed by atoms with Gasteiger partial charge in [0, 0.05) is 11.7 Å². The van der Waals surface area contributed by atoms with Crippen molar-refractivity contribution < 1.29 is 0 Å². The summed E-state index contributed by atoms with van der Waals surface area (Å²) < 4.78 is 1.87. The van der Waals surface area contributed by atoms with E-state index >= 15 is 0 Å². The van der Waals surface area contributed by atoms with E-state index < -0.39 is 0 Å². The Kier molecular flexibility index (Phi) is 4.30. The maximum absolute atomic E-state index is 13.1. The summed E-state index contributed by atoms with van der Waals surface area (Å²) in [6.07, 6.45) is 9.43. The molecule has 1 aromatic heterocycles. The van der Waals surface area contributed by atoms with Crippen molar-refractivity contribution in [1.29, 1.82) is 0 Å². The highest BCUT2D eigenvalue weighted by molar-refractivity contribution is 5.71. The van der Waals surface area contributed by atoms with Gasteiger partial charge in [0.05, 0.1) is 11.4 Å². The van der Waals surface area contributed by atoms with Gasteiger partial charge in [-0.2, -0.15) is 0 Å². The van der Waals surface area contributed by atoms with E-state index in [0.717, 1.165) is 28.8 Å². The first-order valence-electron chi connectivity index (χ1n) is 11.4. The van der Waals surface area contributed by atoms with Gasteiger partial charge in [0.15, 0.2) is 0 Å². The van der Waals surface area contributed by atoms with Gasteiger partial charge in [-0.25, -0.2) is 9.36 Å². The molecule has 0 spiro atoms. The van der Waals surface area contributed by atoms with E-state index in [0.29, 0.717) is 12.0 Å². The van der Waals surface area contributed by atoms with Crippen LogP contribution < -0.4 is 15.9 Å². The molecule has 4 unspecified atom stereocenters. The third-order valence-corrected chi connectivity index (χ3v) is 7.33. The molecule has 0 saturated heterocycles. The van der Waals surface area contributed by atoms with Crippen LogP contribution in [0, 0.1) is 18.8 Å². The number of aromatic nitrogens is 2. The molecule has 5 nitrogen and oxygen atoms in total. The first kappa shape index (κ1) is 18.6. The van der Waals surface area contributed by atoms with Gasteiger partial charge in [-0.15, -0.1) is 0 Å². The molecule has 2 saturated carbocycles. The van der Waals surface area contributed by atoms with Crippen LogP contribution in [0.1, 0.15) is 36.9 Å². The van der Waals surface area contributed by atoms with E-state index in [2.05, 4.69) is 70.7 Å². The van der Waals surface area contributed by atoms with Crippen molar-refractivity contribution in [2.45, 2.75) is 44.8 Å². The van der Waals surface area contributed by atoms with Crippen molar-refractivity contribution in [2.75, 3.05) is 10.2 Å². The average molecular weight is 413 g/mol. The number of hydrogen-bond donors (Lipinski definition) is 2. The number of benzene rings is 2. The number of H-pyrrole nitrogens is 1. The SMILES string of the molecule is Cc1ccc(-n2c3c([nH]c2=O)C=CC(Nc2ccccc2)N3C2CC3CCC2C3)cc1. The Morgan fingerprint density at radius 1 is 1.00 bits per heavy atom. The van der Waals surface area contributed by atoms with E-state index in [1.165, 1.54) is 31.2 Å². The number of nitrogens with zero attached hydrogens (tertiary/aromatic N) is 2. The second kappa shape index (κ2) is 7.19. The van der Waals surface area contributed by atoms with Gasteiger partial charge in [-0.05, 0) is 74.4 Å². The van der Waals surface area contributed by atoms with Crippen LogP contribution in [0.2, 0.25) is 0 Å². The van der Waals surface area contributed by atoms with Crippen LogP contribution >= 0.6 is 0 Å². The second-order valence-corrected chi connectivity index (χ2v) is 9.30. The van der Waals surface area contributed by atoms with Gasteiger partial charge < -0.3 is 15.2 Å². The summed E-state index contributed by atoms with van der Waals surface area (Å²) in [6.45, 7) is 2.07. The monoisotopic (exact) mass is 412 g/mol. The Labute approximate surface area is 182 Å². The van der Waals surface area contributed by atoms with E-state index in [-0.39, 0.29) is 11.9 Å². The van der Waals surface area contributed by atoms with E-state index in [1.54, 1.807) is 0 Å². The number of fused-ring (bicyclic) bond motifs is 3. The predicted octanol–water partition coefficient (Wildman–Crippen LogP) is 4.93. The van der Waals surface area contributed by atoms with Crippen molar-refractivity contribution in [2.24, 2.45) is 11.8 Å². The maximum Gasteiger partial charge on any atom is 0.332 e. The zero-order valence-electron chi connectivity index (χ0n) is 17.8. The van der Waals surface area contributed by atoms with Crippen molar-refractivity contribution in [3.8, 4) is 5.69 Å². The normalized spacial score (nSPS) is 26.3. The number of hydrogen-bond acceptors (Lipinski definition) is 3. The van der Waals surface area contributed by atoms with Crippen LogP contribution in [-0.2, 0) is 0 Å². The number of rotatable bonds is 4. The highest BCUT2D eigenvalue weighted by Gasteiger charge is 2.46. The van der Waals surface area contributed by atoms with Crippen LogP contribution in [-0.4, -0.2) is 21.8 Å². The highest BCUT2D eigenvalue weighted by atomic mass is 16.1. The Bertz CT molecular complexity index is 1170. The molecular weight excluding hydrogens is 384 g/mol. The van der Waals surface area contributed by atoms with Gasteiger partial charge in [0.1, 0.15) is 12.0 Å². The molecule has 0 radical (unpaired) electrons. The molecule has 2 aliphatic carbocycles. The van der Waals surface area contributed by atoms with Crippen LogP contribution in [0.3, 0.4) is 0 Å². The fourth-order valence-corrected chi connectivity index (χ4v) is 5.90. The number of nitrogens with one attached hydrogen (secondary N) is 2. The first-order valence-corrected chi connectivity index (χ1v) is 11.4. The van der Waals surface area contributed by atoms with Gasteiger partial charge in [-0.3, -0.25) is 0 Å². The largest absolute Gasteiger partial charge is 0.362 e. The van der Waals surface area contributed by atoms with Gasteiger partial charge >= 0.3 is 5.69 Å². The molecule has 4 atom stereocenters. The lowest BCUT2D eigenvalue weighted by atomic mass is 9.92. The van der Waals surface area contributed by atoms with E-state index in [4.69, 9.17) is 0 Å². The Hall–Kier alpha value is -3.21. The van der Waals surface area contributed by atoms with Crippen molar-refractivity contribution in [3.63, 3.8) is 0 Å². The number of anilines is 2. The summed E-state index contributed by atoms with van der Waals surface area (Å²) in [5, 5.41) is 3.72. The van der Waals surface area contributed by atoms with E-state index in [1.807, 2.05) is 22.8 Å². The molecule has 2 bridgehead atoms. The molecule has 2 heterocycles. The lowest BCUT2D eigenvalue weighted by molar-refractivity contribution is 0.382. The lowest BCUT2D eigenvalue weighted by Crippen LogP contribution is -2.51. The minimum atomic E-state index is -0.0768. The fourth-order valence-electron chi connectivity index (χ4n) is 5.90. The molecule has 2 aromatic carbocycles. The van der Waals surface area contributed by atoms with Gasteiger partial charge in [-0.1, -0.05) is 42.3 Å². The Balaban J connectivity index is 1.48. The Morgan fingerprint density at radius 2 is 1.81 bits per heavy atom. The number of imidazole rings is 1. The number of aryl methyl sites for hydroxylation is 1. The standard InChI is InChI=1S/C26H28N4O/c1-17-7-11-21(12-8-17)29-25-22(28-26(29)31)13-14-24(27-20-5-3-2-4-6-20)30(25)23-16-18-9-10-19(23)15-18/h2-8,11-14,18-19,23-24,27H,9-10,15-16H2,1H3,(H,28,31). The lowest BCUT2D eigenvalue weighted by Gasteiger charge is -2.43. The molecule has 3 aliphatic rings. The second-order valence-electron chi connectivity index (χ2n) is 9.30. The zero-order valence-corrected chi connectivity index (χ0v) is 17.8. The van der Waals surface area contributed by atoms with Crippen LogP contribution in [0.4, 0.5) is 11.5 Å². The fraction of sp³-hybridized carbons (Fsp3) is 0.346. The van der Waals surface area contributed by atoms with Crippen molar-refractivity contribution in [1.82, 2.24) is 9.55 Å². The minimum Gasteiger partial charge on any atom is -0.362 e. The molecule has 1 aliphatic heterocycles. The van der Waals surface area contributed by atoms with E-state index in [9.17, 15) is 4.79 Å².